The molecule has 0 heterocycles. The van der Waals surface area contributed by atoms with Gasteiger partial charge < -0.3 is 19.6 Å². The van der Waals surface area contributed by atoms with E-state index in [4.69, 9.17) is 0 Å². The summed E-state index contributed by atoms with van der Waals surface area (Å²) in [6, 6.07) is 0. The summed E-state index contributed by atoms with van der Waals surface area (Å²) in [5.41, 5.74) is 0. The molecule has 0 amide bonds. The van der Waals surface area contributed by atoms with Crippen LogP contribution < -0.4 is 0 Å². The van der Waals surface area contributed by atoms with Crippen molar-refractivity contribution in [2.24, 2.45) is 0 Å². The van der Waals surface area contributed by atoms with Crippen molar-refractivity contribution in [1.82, 2.24) is 19.6 Å². The van der Waals surface area contributed by atoms with Gasteiger partial charge in [0.25, 0.3) is 0 Å². The SMILES string of the molecule is CN(C)CCN(C)CCCCCCN(C)CCN(C)C. The maximum atomic E-state index is 2.45. The molecule has 0 unspecified atom stereocenters. The molecule has 0 aliphatic heterocycles. The Kier molecular flexibility index (Phi) is 12.5. The maximum Gasteiger partial charge on any atom is 0.0106 e. The zero-order valence-electron chi connectivity index (χ0n) is 14.9. The number of unbranched alkanes of at least 4 members (excludes halogenated alkanes) is 3. The Hall–Kier alpha value is -0.160. The van der Waals surface area contributed by atoms with Gasteiger partial charge in [-0.25, -0.2) is 0 Å². The smallest absolute Gasteiger partial charge is 0.0106 e. The van der Waals surface area contributed by atoms with Crippen LogP contribution in [0.4, 0.5) is 0 Å². The van der Waals surface area contributed by atoms with Crippen molar-refractivity contribution in [3.05, 3.63) is 0 Å². The second-order valence-electron chi connectivity index (χ2n) is 6.63. The van der Waals surface area contributed by atoms with Gasteiger partial charge in [-0.2, -0.15) is 0 Å². The largest absolute Gasteiger partial charge is 0.308 e. The fraction of sp³-hybridized carbons (Fsp3) is 1.00. The van der Waals surface area contributed by atoms with Gasteiger partial charge in [-0.1, -0.05) is 12.8 Å². The Balaban J connectivity index is 3.31. The van der Waals surface area contributed by atoms with Gasteiger partial charge in [0, 0.05) is 26.2 Å². The molecule has 0 rings (SSSR count). The normalized spacial score (nSPS) is 12.3. The Bertz CT molecular complexity index is 185. The minimum absolute atomic E-state index is 1.16. The Morgan fingerprint density at radius 2 is 0.750 bits per heavy atom. The second kappa shape index (κ2) is 12.6. The summed E-state index contributed by atoms with van der Waals surface area (Å²) in [7, 11) is 13.0. The molecule has 0 bridgehead atoms. The zero-order chi connectivity index (χ0) is 15.4. The lowest BCUT2D eigenvalue weighted by atomic mass is 10.2. The van der Waals surface area contributed by atoms with E-state index in [0.717, 1.165) is 13.1 Å². The Morgan fingerprint density at radius 1 is 0.400 bits per heavy atom. The monoisotopic (exact) mass is 286 g/mol. The van der Waals surface area contributed by atoms with Crippen LogP contribution in [0.1, 0.15) is 25.7 Å². The summed E-state index contributed by atoms with van der Waals surface area (Å²) >= 11 is 0. The van der Waals surface area contributed by atoms with Crippen LogP contribution in [0.5, 0.6) is 0 Å². The summed E-state index contributed by atoms with van der Waals surface area (Å²) in [6.45, 7) is 7.16. The first-order chi connectivity index (χ1) is 9.41. The number of hydrogen-bond acceptors (Lipinski definition) is 4. The number of rotatable bonds is 13. The Labute approximate surface area is 127 Å². The van der Waals surface area contributed by atoms with Crippen LogP contribution in [0.2, 0.25) is 0 Å². The molecule has 0 saturated carbocycles. The van der Waals surface area contributed by atoms with E-state index in [9.17, 15) is 0 Å². The van der Waals surface area contributed by atoms with Crippen LogP contribution in [-0.4, -0.2) is 101 Å². The van der Waals surface area contributed by atoms with Crippen molar-refractivity contribution in [1.29, 1.82) is 0 Å². The van der Waals surface area contributed by atoms with E-state index in [1.807, 2.05) is 0 Å². The topological polar surface area (TPSA) is 13.0 Å². The van der Waals surface area contributed by atoms with Crippen molar-refractivity contribution in [2.45, 2.75) is 25.7 Å². The molecule has 0 saturated heterocycles. The highest BCUT2D eigenvalue weighted by Gasteiger charge is 2.01. The van der Waals surface area contributed by atoms with Gasteiger partial charge in [0.15, 0.2) is 0 Å². The van der Waals surface area contributed by atoms with Gasteiger partial charge in [-0.05, 0) is 68.2 Å². The predicted octanol–water partition coefficient (Wildman–Crippen LogP) is 1.53. The van der Waals surface area contributed by atoms with Crippen LogP contribution in [0.3, 0.4) is 0 Å². The molecule has 0 radical (unpaired) electrons. The first kappa shape index (κ1) is 19.8. The molecule has 0 aromatic heterocycles. The molecule has 20 heavy (non-hydrogen) atoms. The van der Waals surface area contributed by atoms with E-state index < -0.39 is 0 Å². The first-order valence-electron chi connectivity index (χ1n) is 8.08. The van der Waals surface area contributed by atoms with Gasteiger partial charge in [-0.15, -0.1) is 0 Å². The molecular weight excluding hydrogens is 248 g/mol. The average molecular weight is 287 g/mol. The fourth-order valence-electron chi connectivity index (χ4n) is 2.08. The van der Waals surface area contributed by atoms with Gasteiger partial charge in [0.1, 0.15) is 0 Å². The summed E-state index contributed by atoms with van der Waals surface area (Å²) in [6.07, 6.45) is 5.42. The summed E-state index contributed by atoms with van der Waals surface area (Å²) < 4.78 is 0. The van der Waals surface area contributed by atoms with Gasteiger partial charge in [0.05, 0.1) is 0 Å². The van der Waals surface area contributed by atoms with Gasteiger partial charge in [0.2, 0.25) is 0 Å². The van der Waals surface area contributed by atoms with Crippen molar-refractivity contribution < 1.29 is 0 Å². The third kappa shape index (κ3) is 14.3. The van der Waals surface area contributed by atoms with E-state index >= 15 is 0 Å². The molecule has 0 aromatic carbocycles. The highest BCUT2D eigenvalue weighted by atomic mass is 15.2. The molecule has 0 spiro atoms. The summed E-state index contributed by atoms with van der Waals surface area (Å²) in [4.78, 5) is 9.40. The lowest BCUT2D eigenvalue weighted by Gasteiger charge is -2.20. The van der Waals surface area contributed by atoms with Gasteiger partial charge >= 0.3 is 0 Å². The second-order valence-corrected chi connectivity index (χ2v) is 6.63. The molecule has 0 fully saturated rings. The third-order valence-electron chi connectivity index (χ3n) is 3.69. The highest BCUT2D eigenvalue weighted by Crippen LogP contribution is 2.02. The van der Waals surface area contributed by atoms with E-state index in [2.05, 4.69) is 61.9 Å². The van der Waals surface area contributed by atoms with Crippen LogP contribution in [0, 0.1) is 0 Å². The van der Waals surface area contributed by atoms with Crippen molar-refractivity contribution in [3.8, 4) is 0 Å². The summed E-state index contributed by atoms with van der Waals surface area (Å²) in [5.74, 6) is 0. The highest BCUT2D eigenvalue weighted by molar-refractivity contribution is 4.57. The summed E-state index contributed by atoms with van der Waals surface area (Å²) in [5, 5.41) is 0. The van der Waals surface area contributed by atoms with Gasteiger partial charge in [-0.3, -0.25) is 0 Å². The quantitative estimate of drug-likeness (QED) is 0.476. The van der Waals surface area contributed by atoms with Crippen LogP contribution >= 0.6 is 0 Å². The molecule has 0 N–H and O–H groups in total. The van der Waals surface area contributed by atoms with E-state index in [1.165, 1.54) is 51.9 Å². The number of likely N-dealkylation sites (N-methyl/N-ethyl adjacent to an activating group) is 4. The average Bonchev–Trinajstić information content (AvgIpc) is 2.37. The fourth-order valence-corrected chi connectivity index (χ4v) is 2.08. The molecule has 0 aromatic rings. The molecule has 0 aliphatic carbocycles. The lowest BCUT2D eigenvalue weighted by molar-refractivity contribution is 0.268. The van der Waals surface area contributed by atoms with Crippen LogP contribution in [-0.2, 0) is 0 Å². The minimum atomic E-state index is 1.16. The van der Waals surface area contributed by atoms with Crippen molar-refractivity contribution in [3.63, 3.8) is 0 Å². The van der Waals surface area contributed by atoms with Crippen molar-refractivity contribution >= 4 is 0 Å². The molecule has 0 aliphatic rings. The zero-order valence-corrected chi connectivity index (χ0v) is 14.9. The lowest BCUT2D eigenvalue weighted by Crippen LogP contribution is -2.29. The van der Waals surface area contributed by atoms with E-state index in [-0.39, 0.29) is 0 Å². The van der Waals surface area contributed by atoms with Crippen LogP contribution in [0.15, 0.2) is 0 Å². The molecule has 4 nitrogen and oxygen atoms in total. The number of hydrogen-bond donors (Lipinski definition) is 0. The molecule has 122 valence electrons. The number of nitrogens with zero attached hydrogens (tertiary/aromatic N) is 4. The molecule has 0 atom stereocenters. The first-order valence-corrected chi connectivity index (χ1v) is 8.08. The van der Waals surface area contributed by atoms with Crippen LogP contribution in [0.25, 0.3) is 0 Å². The Morgan fingerprint density at radius 3 is 1.05 bits per heavy atom. The standard InChI is InChI=1S/C16H38N4/c1-17(2)13-15-19(5)11-9-7-8-10-12-20(6)16-14-18(3)4/h7-16H2,1-6H3. The molecule has 4 heteroatoms. The van der Waals surface area contributed by atoms with Crippen molar-refractivity contribution in [2.75, 3.05) is 81.6 Å². The molecular formula is C16H38N4. The van der Waals surface area contributed by atoms with E-state index in [0.29, 0.717) is 0 Å². The third-order valence-corrected chi connectivity index (χ3v) is 3.69. The predicted molar refractivity (Wildman–Crippen MR) is 90.6 cm³/mol. The minimum Gasteiger partial charge on any atom is -0.308 e. The van der Waals surface area contributed by atoms with E-state index in [1.54, 1.807) is 0 Å². The maximum absolute atomic E-state index is 2.45.